The number of rotatable bonds is 6. The van der Waals surface area contributed by atoms with E-state index in [9.17, 15) is 14.0 Å². The van der Waals surface area contributed by atoms with Gasteiger partial charge in [-0.3, -0.25) is 14.6 Å². The molecule has 0 saturated carbocycles. The van der Waals surface area contributed by atoms with Gasteiger partial charge in [-0.2, -0.15) is 0 Å². The lowest BCUT2D eigenvalue weighted by atomic mass is 10.1. The second kappa shape index (κ2) is 8.74. The summed E-state index contributed by atoms with van der Waals surface area (Å²) in [6, 6.07) is 7.17. The summed E-state index contributed by atoms with van der Waals surface area (Å²) >= 11 is 0. The Morgan fingerprint density at radius 1 is 1.16 bits per heavy atom. The monoisotopic (exact) mass is 346 g/mol. The number of nitrogens with one attached hydrogen (secondary N) is 3. The van der Waals surface area contributed by atoms with Crippen molar-refractivity contribution in [1.29, 1.82) is 0 Å². The second-order valence-electron chi connectivity index (χ2n) is 5.37. The molecular formula is C17H19FN4O3. The summed E-state index contributed by atoms with van der Waals surface area (Å²) in [7, 11) is 0. The van der Waals surface area contributed by atoms with Crippen LogP contribution in [0.4, 0.5) is 20.6 Å². The van der Waals surface area contributed by atoms with Crippen LogP contribution in [0.5, 0.6) is 0 Å². The smallest absolute Gasteiger partial charge is 0.308 e. The largest absolute Gasteiger partial charge is 0.323 e. The molecule has 0 saturated heterocycles. The minimum Gasteiger partial charge on any atom is -0.308 e. The predicted molar refractivity (Wildman–Crippen MR) is 91.5 cm³/mol. The van der Waals surface area contributed by atoms with E-state index in [0.29, 0.717) is 23.4 Å². The standard InChI is InChI=1S/C17H19FN4O3/c1-11-3-4-15(10-19-11)20-17(24)21-16-8-13(7-14(18)9-16)5-6-25-22-12(2)23/h3-4,7-10H,5-6H2,1-2H3,(H,22,23)(H2,20,21,24). The van der Waals surface area contributed by atoms with Gasteiger partial charge in [-0.25, -0.2) is 14.7 Å². The number of pyridine rings is 1. The number of hydrogen-bond acceptors (Lipinski definition) is 4. The molecule has 7 nitrogen and oxygen atoms in total. The van der Waals surface area contributed by atoms with Crippen molar-refractivity contribution >= 4 is 23.3 Å². The molecular weight excluding hydrogens is 327 g/mol. The summed E-state index contributed by atoms with van der Waals surface area (Å²) in [6.45, 7) is 3.35. The predicted octanol–water partition coefficient (Wildman–Crippen LogP) is 2.78. The highest BCUT2D eigenvalue weighted by Crippen LogP contribution is 2.15. The van der Waals surface area contributed by atoms with Crippen LogP contribution in [-0.4, -0.2) is 23.5 Å². The molecule has 3 N–H and O–H groups in total. The molecule has 25 heavy (non-hydrogen) atoms. The Labute approximate surface area is 144 Å². The van der Waals surface area contributed by atoms with E-state index in [4.69, 9.17) is 4.84 Å². The maximum atomic E-state index is 13.7. The van der Waals surface area contributed by atoms with Gasteiger partial charge in [0.1, 0.15) is 5.82 Å². The van der Waals surface area contributed by atoms with Crippen molar-refractivity contribution in [2.45, 2.75) is 20.3 Å². The molecule has 1 heterocycles. The molecule has 2 rings (SSSR count). The van der Waals surface area contributed by atoms with Gasteiger partial charge in [0.25, 0.3) is 0 Å². The fourth-order valence-corrected chi connectivity index (χ4v) is 2.02. The maximum absolute atomic E-state index is 13.7. The van der Waals surface area contributed by atoms with E-state index in [0.717, 1.165) is 5.69 Å². The molecule has 0 unspecified atom stereocenters. The Morgan fingerprint density at radius 3 is 2.60 bits per heavy atom. The molecule has 8 heteroatoms. The number of hydrogen-bond donors (Lipinski definition) is 3. The van der Waals surface area contributed by atoms with E-state index >= 15 is 0 Å². The van der Waals surface area contributed by atoms with Crippen LogP contribution in [-0.2, 0) is 16.1 Å². The van der Waals surface area contributed by atoms with E-state index in [2.05, 4.69) is 21.1 Å². The topological polar surface area (TPSA) is 92.4 Å². The number of anilines is 2. The molecule has 132 valence electrons. The fourth-order valence-electron chi connectivity index (χ4n) is 2.02. The Hall–Kier alpha value is -3.00. The molecule has 0 atom stereocenters. The van der Waals surface area contributed by atoms with Gasteiger partial charge in [0.2, 0.25) is 5.91 Å². The highest BCUT2D eigenvalue weighted by molar-refractivity contribution is 5.99. The first-order valence-corrected chi connectivity index (χ1v) is 7.61. The van der Waals surface area contributed by atoms with Gasteiger partial charge in [-0.15, -0.1) is 0 Å². The number of halogens is 1. The van der Waals surface area contributed by atoms with Crippen LogP contribution < -0.4 is 16.1 Å². The van der Waals surface area contributed by atoms with Crippen LogP contribution in [0.2, 0.25) is 0 Å². The van der Waals surface area contributed by atoms with Crippen molar-refractivity contribution < 1.29 is 18.8 Å². The molecule has 2 aromatic rings. The molecule has 1 aromatic heterocycles. The quantitative estimate of drug-likeness (QED) is 0.554. The number of aromatic nitrogens is 1. The number of benzene rings is 1. The van der Waals surface area contributed by atoms with Crippen LogP contribution >= 0.6 is 0 Å². The Morgan fingerprint density at radius 2 is 1.92 bits per heavy atom. The third-order valence-electron chi connectivity index (χ3n) is 3.09. The number of aryl methyl sites for hydroxylation is 1. The minimum atomic E-state index is -0.503. The van der Waals surface area contributed by atoms with Crippen LogP contribution in [0, 0.1) is 12.7 Å². The number of carbonyl (C=O) groups excluding carboxylic acids is 2. The van der Waals surface area contributed by atoms with Gasteiger partial charge in [0.15, 0.2) is 0 Å². The van der Waals surface area contributed by atoms with Gasteiger partial charge in [-0.1, -0.05) is 0 Å². The number of amides is 3. The highest BCUT2D eigenvalue weighted by Gasteiger charge is 2.06. The Balaban J connectivity index is 1.93. The van der Waals surface area contributed by atoms with Crippen molar-refractivity contribution in [3.05, 3.63) is 53.6 Å². The van der Waals surface area contributed by atoms with E-state index in [-0.39, 0.29) is 12.5 Å². The van der Waals surface area contributed by atoms with Crippen molar-refractivity contribution in [3.8, 4) is 0 Å². The molecule has 3 amide bonds. The first-order valence-electron chi connectivity index (χ1n) is 7.61. The number of hydroxylamine groups is 1. The molecule has 0 aliphatic heterocycles. The van der Waals surface area contributed by atoms with Crippen molar-refractivity contribution in [2.75, 3.05) is 17.2 Å². The average Bonchev–Trinajstić information content (AvgIpc) is 2.53. The SMILES string of the molecule is CC(=O)NOCCc1cc(F)cc(NC(=O)Nc2ccc(C)nc2)c1. The molecule has 0 aliphatic carbocycles. The van der Waals surface area contributed by atoms with Crippen LogP contribution in [0.1, 0.15) is 18.2 Å². The normalized spacial score (nSPS) is 10.2. The minimum absolute atomic E-state index is 0.184. The number of urea groups is 1. The molecule has 0 aliphatic rings. The van der Waals surface area contributed by atoms with Gasteiger partial charge in [0, 0.05) is 18.3 Å². The number of nitrogens with zero attached hydrogens (tertiary/aromatic N) is 1. The van der Waals surface area contributed by atoms with Crippen molar-refractivity contribution in [1.82, 2.24) is 10.5 Å². The van der Waals surface area contributed by atoms with Crippen LogP contribution in [0.25, 0.3) is 0 Å². The first kappa shape index (κ1) is 18.3. The first-order chi connectivity index (χ1) is 11.9. The lowest BCUT2D eigenvalue weighted by Crippen LogP contribution is -2.21. The lowest BCUT2D eigenvalue weighted by Gasteiger charge is -2.10. The van der Waals surface area contributed by atoms with Gasteiger partial charge in [-0.05, 0) is 49.2 Å². The third kappa shape index (κ3) is 6.56. The van der Waals surface area contributed by atoms with E-state index in [1.54, 1.807) is 18.2 Å². The van der Waals surface area contributed by atoms with Gasteiger partial charge in [0.05, 0.1) is 18.5 Å². The Kier molecular flexibility index (Phi) is 6.41. The van der Waals surface area contributed by atoms with Crippen molar-refractivity contribution in [2.24, 2.45) is 0 Å². The zero-order valence-electron chi connectivity index (χ0n) is 13.9. The summed E-state index contributed by atoms with van der Waals surface area (Å²) in [6.07, 6.45) is 1.90. The molecule has 0 fully saturated rings. The summed E-state index contributed by atoms with van der Waals surface area (Å²) in [4.78, 5) is 31.7. The molecule has 0 bridgehead atoms. The molecule has 0 radical (unpaired) electrons. The third-order valence-corrected chi connectivity index (χ3v) is 3.09. The zero-order chi connectivity index (χ0) is 18.2. The summed E-state index contributed by atoms with van der Waals surface area (Å²) in [5, 5.41) is 5.18. The summed E-state index contributed by atoms with van der Waals surface area (Å²) < 4.78 is 13.7. The average molecular weight is 346 g/mol. The number of carbonyl (C=O) groups is 2. The van der Waals surface area contributed by atoms with E-state index in [1.807, 2.05) is 6.92 Å². The van der Waals surface area contributed by atoms with E-state index < -0.39 is 11.8 Å². The fraction of sp³-hybridized carbons (Fsp3) is 0.235. The van der Waals surface area contributed by atoms with Crippen LogP contribution in [0.15, 0.2) is 36.5 Å². The van der Waals surface area contributed by atoms with Gasteiger partial charge < -0.3 is 10.6 Å². The summed E-state index contributed by atoms with van der Waals surface area (Å²) in [5.41, 5.74) is 4.49. The van der Waals surface area contributed by atoms with Gasteiger partial charge >= 0.3 is 6.03 Å². The summed E-state index contributed by atoms with van der Waals surface area (Å²) in [5.74, 6) is -0.798. The van der Waals surface area contributed by atoms with Crippen molar-refractivity contribution in [3.63, 3.8) is 0 Å². The van der Waals surface area contributed by atoms with E-state index in [1.165, 1.54) is 25.3 Å². The molecule has 1 aromatic carbocycles. The molecule has 0 spiro atoms. The highest BCUT2D eigenvalue weighted by atomic mass is 19.1. The van der Waals surface area contributed by atoms with Crippen LogP contribution in [0.3, 0.4) is 0 Å². The zero-order valence-corrected chi connectivity index (χ0v) is 13.9. The Bertz CT molecular complexity index is 750. The second-order valence-corrected chi connectivity index (χ2v) is 5.37. The maximum Gasteiger partial charge on any atom is 0.323 e. The lowest BCUT2D eigenvalue weighted by molar-refractivity contribution is -0.131.